The van der Waals surface area contributed by atoms with Gasteiger partial charge in [0.25, 0.3) is 0 Å². The van der Waals surface area contributed by atoms with Crippen LogP contribution in [0.1, 0.15) is 13.3 Å². The van der Waals surface area contributed by atoms with Crippen LogP contribution in [0.2, 0.25) is 0 Å². The minimum atomic E-state index is -3.56. The molecule has 28 heavy (non-hydrogen) atoms. The quantitative estimate of drug-likeness (QED) is 0.765. The zero-order chi connectivity index (χ0) is 20.4. The zero-order valence-electron chi connectivity index (χ0n) is 15.6. The highest BCUT2D eigenvalue weighted by Crippen LogP contribution is 2.25. The second-order valence-corrected chi connectivity index (χ2v) is 8.74. The first-order chi connectivity index (χ1) is 13.2. The molecule has 0 aliphatic carbocycles. The predicted molar refractivity (Wildman–Crippen MR) is 104 cm³/mol. The molecule has 0 aromatic heterocycles. The van der Waals surface area contributed by atoms with Gasteiger partial charge in [-0.15, -0.1) is 0 Å². The highest BCUT2D eigenvalue weighted by molar-refractivity contribution is 7.91. The summed E-state index contributed by atoms with van der Waals surface area (Å²) in [5.74, 6) is -0.0420. The molecule has 0 bridgehead atoms. The Labute approximate surface area is 163 Å². The van der Waals surface area contributed by atoms with Gasteiger partial charge in [0.2, 0.25) is 11.8 Å². The van der Waals surface area contributed by atoms with Crippen molar-refractivity contribution in [3.05, 3.63) is 48.7 Å². The molecule has 0 saturated carbocycles. The van der Waals surface area contributed by atoms with E-state index in [2.05, 4.69) is 10.3 Å². The molecule has 9 heteroatoms. The lowest BCUT2D eigenvalue weighted by atomic mass is 9.94. The van der Waals surface area contributed by atoms with Gasteiger partial charge in [-0.2, -0.15) is 0 Å². The molecule has 1 aromatic carbocycles. The molecule has 2 aliphatic rings. The number of sulfone groups is 1. The first-order valence-corrected chi connectivity index (χ1v) is 10.3. The number of methoxy groups -OCH3 is 1. The molecule has 8 nitrogen and oxygen atoms in total. The van der Waals surface area contributed by atoms with E-state index in [0.29, 0.717) is 11.6 Å². The van der Waals surface area contributed by atoms with Crippen molar-refractivity contribution in [3.63, 3.8) is 0 Å². The van der Waals surface area contributed by atoms with Gasteiger partial charge < -0.3 is 10.1 Å². The average molecular weight is 403 g/mol. The number of hydrogen-bond acceptors (Lipinski definition) is 6. The topological polar surface area (TPSA) is 105 Å². The molecule has 0 spiro atoms. The van der Waals surface area contributed by atoms with Crippen molar-refractivity contribution in [1.82, 2.24) is 10.2 Å². The maximum absolute atomic E-state index is 12.6. The van der Waals surface area contributed by atoms with Crippen LogP contribution < -0.4 is 10.1 Å². The normalized spacial score (nSPS) is 21.1. The minimum Gasteiger partial charge on any atom is -0.497 e. The van der Waals surface area contributed by atoms with Crippen molar-refractivity contribution < 1.29 is 22.7 Å². The Morgan fingerprint density at radius 3 is 2.68 bits per heavy atom. The van der Waals surface area contributed by atoms with E-state index in [9.17, 15) is 18.0 Å². The van der Waals surface area contributed by atoms with Crippen LogP contribution in [0, 0.1) is 0 Å². The standard InChI is InChI=1S/C19H21N3O5S/c1-19(13-17(23)22-11-4-3-5-16(22)21-19)18(24)20-10-12-28(25,26)15-8-6-14(27-2)7-9-15/h3-9,11H,10,12-13H2,1-2H3,(H,20,24)/t19-/m0/s1. The molecule has 3 rings (SSSR count). The predicted octanol–water partition coefficient (Wildman–Crippen LogP) is 1.06. The summed E-state index contributed by atoms with van der Waals surface area (Å²) in [6, 6.07) is 6.05. The molecule has 2 amide bonds. The number of allylic oxidation sites excluding steroid dienone is 2. The molecule has 2 heterocycles. The van der Waals surface area contributed by atoms with Crippen LogP contribution in [-0.2, 0) is 19.4 Å². The van der Waals surface area contributed by atoms with Gasteiger partial charge in [0, 0.05) is 12.7 Å². The van der Waals surface area contributed by atoms with Gasteiger partial charge in [-0.3, -0.25) is 19.5 Å². The Morgan fingerprint density at radius 1 is 1.29 bits per heavy atom. The summed E-state index contributed by atoms with van der Waals surface area (Å²) in [6.45, 7) is 1.48. The van der Waals surface area contributed by atoms with Gasteiger partial charge in [0.15, 0.2) is 9.84 Å². The number of nitrogens with zero attached hydrogens (tertiary/aromatic N) is 2. The SMILES string of the molecule is COc1ccc(S(=O)(=O)CCNC(=O)[C@]2(C)CC(=O)N3C=CC=CC3=N2)cc1. The largest absolute Gasteiger partial charge is 0.497 e. The molecule has 148 valence electrons. The van der Waals surface area contributed by atoms with Crippen LogP contribution in [0.4, 0.5) is 0 Å². The number of carbonyl (C=O) groups is 2. The second-order valence-electron chi connectivity index (χ2n) is 6.64. The molecule has 0 fully saturated rings. The third kappa shape index (κ3) is 3.99. The maximum Gasteiger partial charge on any atom is 0.248 e. The minimum absolute atomic E-state index is 0.0821. The Balaban J connectivity index is 1.64. The van der Waals surface area contributed by atoms with Crippen LogP contribution in [0.15, 0.2) is 58.6 Å². The number of amides is 2. The number of nitrogens with one attached hydrogen (secondary N) is 1. The van der Waals surface area contributed by atoms with Crippen molar-refractivity contribution in [1.29, 1.82) is 0 Å². The summed E-state index contributed by atoms with van der Waals surface area (Å²) in [5.41, 5.74) is -1.28. The smallest absolute Gasteiger partial charge is 0.248 e. The van der Waals surface area contributed by atoms with E-state index in [4.69, 9.17) is 4.74 Å². The Morgan fingerprint density at radius 2 is 2.00 bits per heavy atom. The molecule has 0 saturated heterocycles. The summed E-state index contributed by atoms with van der Waals surface area (Å²) in [7, 11) is -2.07. The molecule has 0 unspecified atom stereocenters. The molecular weight excluding hydrogens is 382 g/mol. The van der Waals surface area contributed by atoms with Crippen molar-refractivity contribution in [3.8, 4) is 5.75 Å². The molecule has 1 N–H and O–H groups in total. The van der Waals surface area contributed by atoms with Gasteiger partial charge in [-0.1, -0.05) is 6.08 Å². The van der Waals surface area contributed by atoms with E-state index in [-0.39, 0.29) is 29.5 Å². The molecule has 1 atom stereocenters. The lowest BCUT2D eigenvalue weighted by molar-refractivity contribution is -0.134. The number of benzene rings is 1. The van der Waals surface area contributed by atoms with Crippen LogP contribution in [-0.4, -0.2) is 55.9 Å². The fraction of sp³-hybridized carbons (Fsp3) is 0.316. The summed E-state index contributed by atoms with van der Waals surface area (Å²) in [5, 5.41) is 2.59. The molecular formula is C19H21N3O5S. The highest BCUT2D eigenvalue weighted by atomic mass is 32.2. The number of aliphatic imine (C=N–C) groups is 1. The maximum atomic E-state index is 12.6. The first kappa shape index (κ1) is 19.8. The van der Waals surface area contributed by atoms with Crippen molar-refractivity contribution >= 4 is 27.5 Å². The zero-order valence-corrected chi connectivity index (χ0v) is 16.4. The van der Waals surface area contributed by atoms with E-state index < -0.39 is 21.3 Å². The Bertz CT molecular complexity index is 979. The van der Waals surface area contributed by atoms with Crippen molar-refractivity contribution in [2.24, 2.45) is 4.99 Å². The summed E-state index contributed by atoms with van der Waals surface area (Å²) < 4.78 is 29.8. The lowest BCUT2D eigenvalue weighted by Crippen LogP contribution is -2.52. The van der Waals surface area contributed by atoms with Crippen LogP contribution in [0.5, 0.6) is 5.75 Å². The van der Waals surface area contributed by atoms with Crippen LogP contribution in [0.25, 0.3) is 0 Å². The fourth-order valence-corrected chi connectivity index (χ4v) is 4.09. The number of fused-ring (bicyclic) bond motifs is 1. The van der Waals surface area contributed by atoms with E-state index in [1.165, 1.54) is 24.1 Å². The van der Waals surface area contributed by atoms with Gasteiger partial charge in [-0.25, -0.2) is 8.42 Å². The van der Waals surface area contributed by atoms with Gasteiger partial charge in [0.05, 0.1) is 24.2 Å². The van der Waals surface area contributed by atoms with Crippen molar-refractivity contribution in [2.45, 2.75) is 23.8 Å². The first-order valence-electron chi connectivity index (χ1n) is 8.67. The lowest BCUT2D eigenvalue weighted by Gasteiger charge is -2.33. The van der Waals surface area contributed by atoms with Gasteiger partial charge in [0.1, 0.15) is 17.1 Å². The van der Waals surface area contributed by atoms with Crippen LogP contribution in [0.3, 0.4) is 0 Å². The third-order valence-corrected chi connectivity index (χ3v) is 6.26. The Kier molecular flexibility index (Phi) is 5.37. The van der Waals surface area contributed by atoms with Gasteiger partial charge in [-0.05, 0) is 43.3 Å². The fourth-order valence-electron chi connectivity index (χ4n) is 2.93. The average Bonchev–Trinajstić information content (AvgIpc) is 2.67. The summed E-state index contributed by atoms with van der Waals surface area (Å²) >= 11 is 0. The van der Waals surface area contributed by atoms with Crippen molar-refractivity contribution in [2.75, 3.05) is 19.4 Å². The van der Waals surface area contributed by atoms with E-state index in [0.717, 1.165) is 0 Å². The molecule has 2 aliphatic heterocycles. The summed E-state index contributed by atoms with van der Waals surface area (Å²) in [4.78, 5) is 30.8. The van der Waals surface area contributed by atoms with E-state index in [1.807, 2.05) is 0 Å². The second kappa shape index (κ2) is 7.59. The summed E-state index contributed by atoms with van der Waals surface area (Å²) in [6.07, 6.45) is 6.60. The van der Waals surface area contributed by atoms with Crippen LogP contribution >= 0.6 is 0 Å². The molecule has 0 radical (unpaired) electrons. The monoisotopic (exact) mass is 403 g/mol. The number of ether oxygens (including phenoxy) is 1. The van der Waals surface area contributed by atoms with Gasteiger partial charge >= 0.3 is 0 Å². The molecule has 1 aromatic rings. The van der Waals surface area contributed by atoms with E-state index >= 15 is 0 Å². The van der Waals surface area contributed by atoms with E-state index in [1.54, 1.807) is 43.5 Å². The Hall–Kier alpha value is -2.94. The number of rotatable bonds is 6. The number of hydrogen-bond donors (Lipinski definition) is 1. The highest BCUT2D eigenvalue weighted by Gasteiger charge is 2.41. The number of amidine groups is 1. The third-order valence-electron chi connectivity index (χ3n) is 4.53. The number of carbonyl (C=O) groups excluding carboxylic acids is 2.